The van der Waals surface area contributed by atoms with Crippen molar-refractivity contribution in [3.05, 3.63) is 23.7 Å². The van der Waals surface area contributed by atoms with Gasteiger partial charge in [0.2, 0.25) is 5.91 Å². The van der Waals surface area contributed by atoms with Crippen LogP contribution in [0.4, 0.5) is 0 Å². The van der Waals surface area contributed by atoms with Gasteiger partial charge in [0, 0.05) is 52.5 Å². The molecule has 1 N–H and O–H groups in total. The van der Waals surface area contributed by atoms with Crippen LogP contribution in [0.25, 0.3) is 0 Å². The van der Waals surface area contributed by atoms with Gasteiger partial charge in [0.05, 0.1) is 6.26 Å². The number of aliphatic imine (C=N–C) groups is 1. The first kappa shape index (κ1) is 21.8. The number of aryl methyl sites for hydroxylation is 1. The molecule has 0 bridgehead atoms. The molecular weight excluding hydrogens is 435 g/mol. The number of likely N-dealkylation sites (N-methyl/N-ethyl adjacent to an activating group) is 1. The summed E-state index contributed by atoms with van der Waals surface area (Å²) in [5, 5.41) is 3.48. The maximum absolute atomic E-state index is 11.9. The summed E-state index contributed by atoms with van der Waals surface area (Å²) in [7, 11) is 5.45. The Balaban J connectivity index is 0.00000312. The number of halogens is 1. The lowest BCUT2D eigenvalue weighted by Crippen LogP contribution is -2.46. The summed E-state index contributed by atoms with van der Waals surface area (Å²) < 4.78 is 10.8. The number of carbonyl (C=O) groups is 1. The Bertz CT molecular complexity index is 568. The zero-order chi connectivity index (χ0) is 17.5. The third-order valence-corrected chi connectivity index (χ3v) is 4.15. The number of nitrogens with zero attached hydrogens (tertiary/aromatic N) is 3. The molecule has 142 valence electrons. The third-order valence-electron chi connectivity index (χ3n) is 4.15. The molecule has 0 radical (unpaired) electrons. The topological polar surface area (TPSA) is 70.3 Å². The van der Waals surface area contributed by atoms with Crippen molar-refractivity contribution in [3.63, 3.8) is 0 Å². The second kappa shape index (κ2) is 10.6. The molecule has 0 aliphatic carbocycles. The lowest BCUT2D eigenvalue weighted by molar-refractivity contribution is -0.127. The summed E-state index contributed by atoms with van der Waals surface area (Å²) >= 11 is 0. The van der Waals surface area contributed by atoms with Crippen LogP contribution in [0.3, 0.4) is 0 Å². The first-order valence-corrected chi connectivity index (χ1v) is 8.30. The van der Waals surface area contributed by atoms with Crippen molar-refractivity contribution >= 4 is 35.8 Å². The first-order chi connectivity index (χ1) is 11.5. The van der Waals surface area contributed by atoms with Crippen LogP contribution in [0.1, 0.15) is 24.2 Å². The van der Waals surface area contributed by atoms with Crippen LogP contribution in [0.5, 0.6) is 0 Å². The molecule has 7 nitrogen and oxygen atoms in total. The van der Waals surface area contributed by atoms with Crippen molar-refractivity contribution in [1.82, 2.24) is 15.1 Å². The molecular formula is C17H29IN4O3. The quantitative estimate of drug-likeness (QED) is 0.409. The van der Waals surface area contributed by atoms with E-state index in [9.17, 15) is 4.79 Å². The van der Waals surface area contributed by atoms with Gasteiger partial charge in [-0.3, -0.25) is 4.79 Å². The minimum Gasteiger partial charge on any atom is -0.469 e. The SMILES string of the molecule is Cc1occc1CN(C)C(=NCC(=O)N(C)C)NC1CCOCC1.I. The molecule has 1 saturated heterocycles. The average molecular weight is 464 g/mol. The van der Waals surface area contributed by atoms with E-state index in [-0.39, 0.29) is 36.4 Å². The smallest absolute Gasteiger partial charge is 0.243 e. The molecule has 0 spiro atoms. The number of rotatable bonds is 5. The van der Waals surface area contributed by atoms with Gasteiger partial charge < -0.3 is 24.3 Å². The van der Waals surface area contributed by atoms with Gasteiger partial charge in [0.25, 0.3) is 0 Å². The van der Waals surface area contributed by atoms with Crippen LogP contribution in [-0.2, 0) is 16.1 Å². The minimum absolute atomic E-state index is 0. The number of ether oxygens (including phenoxy) is 1. The van der Waals surface area contributed by atoms with Gasteiger partial charge in [0.1, 0.15) is 12.3 Å². The van der Waals surface area contributed by atoms with Crippen molar-refractivity contribution in [2.75, 3.05) is 40.9 Å². The van der Waals surface area contributed by atoms with Crippen LogP contribution in [0.2, 0.25) is 0 Å². The largest absolute Gasteiger partial charge is 0.469 e. The molecule has 0 aromatic carbocycles. The maximum Gasteiger partial charge on any atom is 0.243 e. The molecule has 1 amide bonds. The fourth-order valence-electron chi connectivity index (χ4n) is 2.49. The Labute approximate surface area is 166 Å². The van der Waals surface area contributed by atoms with E-state index in [1.807, 2.05) is 24.9 Å². The van der Waals surface area contributed by atoms with Crippen LogP contribution >= 0.6 is 24.0 Å². The van der Waals surface area contributed by atoms with Crippen molar-refractivity contribution < 1.29 is 13.9 Å². The van der Waals surface area contributed by atoms with E-state index < -0.39 is 0 Å². The summed E-state index contributed by atoms with van der Waals surface area (Å²) in [6.07, 6.45) is 3.58. The van der Waals surface area contributed by atoms with Gasteiger partial charge in [0.15, 0.2) is 5.96 Å². The number of hydrogen-bond donors (Lipinski definition) is 1. The van der Waals surface area contributed by atoms with Gasteiger partial charge in [-0.1, -0.05) is 0 Å². The Morgan fingerprint density at radius 1 is 1.32 bits per heavy atom. The Hall–Kier alpha value is -1.29. The molecule has 8 heteroatoms. The van der Waals surface area contributed by atoms with Crippen LogP contribution in [-0.4, -0.2) is 68.6 Å². The molecule has 0 atom stereocenters. The molecule has 2 rings (SSSR count). The minimum atomic E-state index is -0.0193. The third kappa shape index (κ3) is 6.85. The highest BCUT2D eigenvalue weighted by Gasteiger charge is 2.18. The molecule has 1 aliphatic rings. The normalized spacial score (nSPS) is 15.4. The van der Waals surface area contributed by atoms with Crippen molar-refractivity contribution in [3.8, 4) is 0 Å². The van der Waals surface area contributed by atoms with Gasteiger partial charge in [-0.05, 0) is 25.8 Å². The van der Waals surface area contributed by atoms with Crippen molar-refractivity contribution in [1.29, 1.82) is 0 Å². The van der Waals surface area contributed by atoms with E-state index in [0.29, 0.717) is 12.6 Å². The monoisotopic (exact) mass is 464 g/mol. The van der Waals surface area contributed by atoms with E-state index in [0.717, 1.165) is 43.3 Å². The predicted molar refractivity (Wildman–Crippen MR) is 108 cm³/mol. The molecule has 25 heavy (non-hydrogen) atoms. The number of guanidine groups is 1. The van der Waals surface area contributed by atoms with E-state index in [4.69, 9.17) is 9.15 Å². The molecule has 1 aromatic heterocycles. The zero-order valence-corrected chi connectivity index (χ0v) is 17.8. The predicted octanol–water partition coefficient (Wildman–Crippen LogP) is 1.85. The average Bonchev–Trinajstić information content (AvgIpc) is 2.96. The molecule has 2 heterocycles. The first-order valence-electron chi connectivity index (χ1n) is 8.30. The highest BCUT2D eigenvalue weighted by atomic mass is 127. The van der Waals surface area contributed by atoms with Crippen LogP contribution < -0.4 is 5.32 Å². The van der Waals surface area contributed by atoms with Crippen LogP contribution in [0.15, 0.2) is 21.7 Å². The summed E-state index contributed by atoms with van der Waals surface area (Å²) in [4.78, 5) is 20.0. The summed E-state index contributed by atoms with van der Waals surface area (Å²) in [6, 6.07) is 2.28. The fourth-order valence-corrected chi connectivity index (χ4v) is 2.49. The van der Waals surface area contributed by atoms with Gasteiger partial charge >= 0.3 is 0 Å². The molecule has 0 unspecified atom stereocenters. The second-order valence-corrected chi connectivity index (χ2v) is 6.32. The zero-order valence-electron chi connectivity index (χ0n) is 15.4. The molecule has 1 fully saturated rings. The second-order valence-electron chi connectivity index (χ2n) is 6.32. The Morgan fingerprint density at radius 3 is 2.56 bits per heavy atom. The number of furan rings is 1. The lowest BCUT2D eigenvalue weighted by atomic mass is 10.1. The van der Waals surface area contributed by atoms with E-state index >= 15 is 0 Å². The Morgan fingerprint density at radius 2 is 2.00 bits per heavy atom. The summed E-state index contributed by atoms with van der Waals surface area (Å²) in [6.45, 7) is 4.26. The summed E-state index contributed by atoms with van der Waals surface area (Å²) in [5.74, 6) is 1.61. The summed E-state index contributed by atoms with van der Waals surface area (Å²) in [5.41, 5.74) is 1.11. The molecule has 1 aromatic rings. The lowest BCUT2D eigenvalue weighted by Gasteiger charge is -2.29. The van der Waals surface area contributed by atoms with Crippen molar-refractivity contribution in [2.24, 2.45) is 4.99 Å². The highest BCUT2D eigenvalue weighted by Crippen LogP contribution is 2.12. The van der Waals surface area contributed by atoms with Gasteiger partial charge in [-0.2, -0.15) is 0 Å². The maximum atomic E-state index is 11.9. The van der Waals surface area contributed by atoms with Crippen LogP contribution in [0, 0.1) is 6.92 Å². The molecule has 0 saturated carbocycles. The number of hydrogen-bond acceptors (Lipinski definition) is 4. The van der Waals surface area contributed by atoms with E-state index in [1.54, 1.807) is 25.3 Å². The van der Waals surface area contributed by atoms with E-state index in [2.05, 4.69) is 10.3 Å². The molecule has 1 aliphatic heterocycles. The van der Waals surface area contributed by atoms with Crippen molar-refractivity contribution in [2.45, 2.75) is 32.4 Å². The van der Waals surface area contributed by atoms with Gasteiger partial charge in [-0.15, -0.1) is 24.0 Å². The number of amides is 1. The highest BCUT2D eigenvalue weighted by molar-refractivity contribution is 14.0. The number of carbonyl (C=O) groups excluding carboxylic acids is 1. The standard InChI is InChI=1S/C17H28N4O3.HI/c1-13-14(5-10-24-13)12-21(4)17(18-11-16(22)20(2)3)19-15-6-8-23-9-7-15;/h5,10,15H,6-9,11-12H2,1-4H3,(H,18,19);1H. The fraction of sp³-hybridized carbons (Fsp3) is 0.647. The van der Waals surface area contributed by atoms with Gasteiger partial charge in [-0.25, -0.2) is 4.99 Å². The number of nitrogens with one attached hydrogen (secondary N) is 1. The Kier molecular flexibility index (Phi) is 9.26. The van der Waals surface area contributed by atoms with E-state index in [1.165, 1.54) is 0 Å².